The minimum absolute atomic E-state index is 0.00774. The van der Waals surface area contributed by atoms with Crippen LogP contribution in [0, 0.1) is 0 Å². The molecule has 1 aromatic heterocycles. The largest absolute Gasteiger partial charge is 0.497 e. The number of hydrogen-bond donors (Lipinski definition) is 0. The van der Waals surface area contributed by atoms with Crippen molar-refractivity contribution in [1.82, 2.24) is 15.1 Å². The van der Waals surface area contributed by atoms with Crippen LogP contribution in [0.5, 0.6) is 11.6 Å². The summed E-state index contributed by atoms with van der Waals surface area (Å²) in [6, 6.07) is 11.4. The van der Waals surface area contributed by atoms with Crippen LogP contribution in [0.2, 0.25) is 0 Å². The molecule has 0 N–H and O–H groups in total. The first kappa shape index (κ1) is 16.2. The quantitative estimate of drug-likeness (QED) is 0.813. The van der Waals surface area contributed by atoms with Gasteiger partial charge < -0.3 is 14.4 Å². The van der Waals surface area contributed by atoms with E-state index < -0.39 is 0 Å². The van der Waals surface area contributed by atoms with Gasteiger partial charge >= 0.3 is 0 Å². The highest BCUT2D eigenvalue weighted by Crippen LogP contribution is 2.18. The zero-order valence-corrected chi connectivity index (χ0v) is 13.7. The number of likely N-dealkylation sites (tertiary alicyclic amines) is 1. The average Bonchev–Trinajstić information content (AvgIpc) is 3.09. The molecule has 0 bridgehead atoms. The van der Waals surface area contributed by atoms with Crippen LogP contribution in [0.1, 0.15) is 18.4 Å². The highest BCUT2D eigenvalue weighted by Gasteiger charge is 2.27. The van der Waals surface area contributed by atoms with Crippen LogP contribution in [-0.2, 0) is 11.2 Å². The van der Waals surface area contributed by atoms with Gasteiger partial charge in [0.2, 0.25) is 11.8 Å². The van der Waals surface area contributed by atoms with Crippen molar-refractivity contribution in [3.63, 3.8) is 0 Å². The topological polar surface area (TPSA) is 64.5 Å². The highest BCUT2D eigenvalue weighted by molar-refractivity contribution is 5.76. The lowest BCUT2D eigenvalue weighted by Crippen LogP contribution is -2.31. The van der Waals surface area contributed by atoms with Gasteiger partial charge in [-0.25, -0.2) is 0 Å². The molecule has 126 valence electrons. The molecule has 6 nitrogen and oxygen atoms in total. The van der Waals surface area contributed by atoms with Gasteiger partial charge in [0.05, 0.1) is 13.7 Å². The Labute approximate surface area is 141 Å². The fourth-order valence-corrected chi connectivity index (χ4v) is 2.77. The SMILES string of the molecule is COc1ccc(CCC(=O)N2CC[C@@H](Oc3cccnn3)C2)cc1. The van der Waals surface area contributed by atoms with Crippen molar-refractivity contribution in [2.75, 3.05) is 20.2 Å². The summed E-state index contributed by atoms with van der Waals surface area (Å²) in [4.78, 5) is 14.2. The Balaban J connectivity index is 1.45. The molecule has 24 heavy (non-hydrogen) atoms. The number of rotatable bonds is 6. The molecule has 2 aromatic rings. The monoisotopic (exact) mass is 327 g/mol. The van der Waals surface area contributed by atoms with Gasteiger partial charge in [-0.15, -0.1) is 5.10 Å². The molecular weight excluding hydrogens is 306 g/mol. The summed E-state index contributed by atoms with van der Waals surface area (Å²) in [7, 11) is 1.64. The number of carbonyl (C=O) groups excluding carboxylic acids is 1. The van der Waals surface area contributed by atoms with E-state index >= 15 is 0 Å². The van der Waals surface area contributed by atoms with E-state index in [-0.39, 0.29) is 12.0 Å². The van der Waals surface area contributed by atoms with Gasteiger partial charge in [0.25, 0.3) is 0 Å². The van der Waals surface area contributed by atoms with Crippen molar-refractivity contribution < 1.29 is 14.3 Å². The standard InChI is InChI=1S/C18H21N3O3/c1-23-15-7-4-14(5-8-15)6-9-18(22)21-12-10-16(13-21)24-17-3-2-11-19-20-17/h2-5,7-8,11,16H,6,9-10,12-13H2,1H3/t16-/m1/s1. The molecule has 0 aliphatic carbocycles. The van der Waals surface area contributed by atoms with E-state index in [2.05, 4.69) is 10.2 Å². The first-order chi connectivity index (χ1) is 11.7. The van der Waals surface area contributed by atoms with Crippen molar-refractivity contribution in [3.8, 4) is 11.6 Å². The number of hydrogen-bond acceptors (Lipinski definition) is 5. The number of amides is 1. The molecule has 0 unspecified atom stereocenters. The molecule has 1 amide bonds. The maximum atomic E-state index is 12.4. The van der Waals surface area contributed by atoms with Crippen molar-refractivity contribution in [1.29, 1.82) is 0 Å². The number of carbonyl (C=O) groups is 1. The van der Waals surface area contributed by atoms with Gasteiger partial charge in [-0.1, -0.05) is 12.1 Å². The summed E-state index contributed by atoms with van der Waals surface area (Å²) in [5, 5.41) is 7.71. The first-order valence-electron chi connectivity index (χ1n) is 8.09. The van der Waals surface area contributed by atoms with Crippen LogP contribution in [0.25, 0.3) is 0 Å². The number of methoxy groups -OCH3 is 1. The van der Waals surface area contributed by atoms with E-state index in [0.717, 1.165) is 30.7 Å². The number of nitrogens with zero attached hydrogens (tertiary/aromatic N) is 3. The Hall–Kier alpha value is -2.63. The van der Waals surface area contributed by atoms with Gasteiger partial charge in [-0.05, 0) is 30.2 Å². The van der Waals surface area contributed by atoms with Crippen LogP contribution in [0.15, 0.2) is 42.6 Å². The lowest BCUT2D eigenvalue weighted by Gasteiger charge is -2.17. The molecule has 2 heterocycles. The molecule has 6 heteroatoms. The molecule has 1 saturated heterocycles. The van der Waals surface area contributed by atoms with Crippen LogP contribution < -0.4 is 9.47 Å². The second-order valence-electron chi connectivity index (χ2n) is 5.78. The molecule has 1 aromatic carbocycles. The number of benzene rings is 1. The number of ether oxygens (including phenoxy) is 2. The predicted molar refractivity (Wildman–Crippen MR) is 89.0 cm³/mol. The van der Waals surface area contributed by atoms with Gasteiger partial charge in [0.1, 0.15) is 11.9 Å². The van der Waals surface area contributed by atoms with Crippen molar-refractivity contribution in [2.24, 2.45) is 0 Å². The molecule has 0 radical (unpaired) electrons. The van der Waals surface area contributed by atoms with Crippen molar-refractivity contribution in [2.45, 2.75) is 25.4 Å². The van der Waals surface area contributed by atoms with E-state index in [1.807, 2.05) is 29.2 Å². The molecule has 1 aliphatic rings. The second kappa shape index (κ2) is 7.77. The fraction of sp³-hybridized carbons (Fsp3) is 0.389. The Morgan fingerprint density at radius 3 is 2.83 bits per heavy atom. The summed E-state index contributed by atoms with van der Waals surface area (Å²) in [5.41, 5.74) is 1.13. The van der Waals surface area contributed by atoms with Crippen LogP contribution >= 0.6 is 0 Å². The normalized spacial score (nSPS) is 16.9. The Bertz CT molecular complexity index is 661. The van der Waals surface area contributed by atoms with Crippen LogP contribution in [0.4, 0.5) is 0 Å². The smallest absolute Gasteiger partial charge is 0.233 e. The Morgan fingerprint density at radius 1 is 1.29 bits per heavy atom. The van der Waals surface area contributed by atoms with Gasteiger partial charge in [-0.3, -0.25) is 4.79 Å². The van der Waals surface area contributed by atoms with Gasteiger partial charge in [0.15, 0.2) is 0 Å². The third-order valence-corrected chi connectivity index (χ3v) is 4.12. The lowest BCUT2D eigenvalue weighted by atomic mass is 10.1. The maximum Gasteiger partial charge on any atom is 0.233 e. The van der Waals surface area contributed by atoms with Crippen molar-refractivity contribution >= 4 is 5.91 Å². The first-order valence-corrected chi connectivity index (χ1v) is 8.09. The van der Waals surface area contributed by atoms with E-state index in [4.69, 9.17) is 9.47 Å². The van der Waals surface area contributed by atoms with Gasteiger partial charge in [0, 0.05) is 31.6 Å². The number of aromatic nitrogens is 2. The number of aryl methyl sites for hydroxylation is 1. The summed E-state index contributed by atoms with van der Waals surface area (Å²) >= 11 is 0. The van der Waals surface area contributed by atoms with Gasteiger partial charge in [-0.2, -0.15) is 5.10 Å². The highest BCUT2D eigenvalue weighted by atomic mass is 16.5. The zero-order valence-electron chi connectivity index (χ0n) is 13.7. The molecule has 1 aliphatic heterocycles. The third-order valence-electron chi connectivity index (χ3n) is 4.12. The summed E-state index contributed by atoms with van der Waals surface area (Å²) in [6.07, 6.45) is 3.66. The van der Waals surface area contributed by atoms with E-state index in [0.29, 0.717) is 18.8 Å². The second-order valence-corrected chi connectivity index (χ2v) is 5.78. The molecule has 0 saturated carbocycles. The molecule has 0 spiro atoms. The zero-order chi connectivity index (χ0) is 16.8. The predicted octanol–water partition coefficient (Wildman–Crippen LogP) is 2.10. The maximum absolute atomic E-state index is 12.4. The average molecular weight is 327 g/mol. The van der Waals surface area contributed by atoms with E-state index in [9.17, 15) is 4.79 Å². The molecule has 3 rings (SSSR count). The summed E-state index contributed by atoms with van der Waals surface area (Å²) in [6.45, 7) is 1.34. The Morgan fingerprint density at radius 2 is 2.12 bits per heavy atom. The van der Waals surface area contributed by atoms with Crippen LogP contribution in [-0.4, -0.2) is 47.3 Å². The lowest BCUT2D eigenvalue weighted by molar-refractivity contribution is -0.130. The molecule has 1 atom stereocenters. The minimum atomic E-state index is -0.00774. The molecular formula is C18H21N3O3. The van der Waals surface area contributed by atoms with Crippen LogP contribution in [0.3, 0.4) is 0 Å². The van der Waals surface area contributed by atoms with Crippen molar-refractivity contribution in [3.05, 3.63) is 48.2 Å². The fourth-order valence-electron chi connectivity index (χ4n) is 2.77. The Kier molecular flexibility index (Phi) is 5.25. The van der Waals surface area contributed by atoms with E-state index in [1.165, 1.54) is 0 Å². The third kappa shape index (κ3) is 4.22. The summed E-state index contributed by atoms with van der Waals surface area (Å²) in [5.74, 6) is 1.50. The molecule has 1 fully saturated rings. The summed E-state index contributed by atoms with van der Waals surface area (Å²) < 4.78 is 10.9. The minimum Gasteiger partial charge on any atom is -0.497 e. The van der Waals surface area contributed by atoms with E-state index in [1.54, 1.807) is 25.4 Å².